The molecule has 0 saturated carbocycles. The molecule has 2 aromatic rings. The van der Waals surface area contributed by atoms with Crippen molar-refractivity contribution in [1.29, 1.82) is 5.26 Å². The van der Waals surface area contributed by atoms with E-state index in [4.69, 9.17) is 5.26 Å². The minimum Gasteiger partial charge on any atom is -0.385 e. The molecular formula is C13H12FN3S. The second-order valence-corrected chi connectivity index (χ2v) is 4.94. The average molecular weight is 261 g/mol. The molecule has 0 atom stereocenters. The lowest BCUT2D eigenvalue weighted by Gasteiger charge is -2.05. The highest BCUT2D eigenvalue weighted by Gasteiger charge is 2.01. The van der Waals surface area contributed by atoms with E-state index in [2.05, 4.69) is 10.3 Å². The Hall–Kier alpha value is -1.93. The Morgan fingerprint density at radius 1 is 1.44 bits per heavy atom. The van der Waals surface area contributed by atoms with Gasteiger partial charge in [0.2, 0.25) is 0 Å². The number of nitriles is 1. The quantitative estimate of drug-likeness (QED) is 0.920. The Balaban J connectivity index is 1.94. The Labute approximate surface area is 109 Å². The first kappa shape index (κ1) is 12.5. The summed E-state index contributed by atoms with van der Waals surface area (Å²) in [6, 6.07) is 6.16. The number of thiazole rings is 1. The summed E-state index contributed by atoms with van der Waals surface area (Å²) >= 11 is 1.62. The lowest BCUT2D eigenvalue weighted by Crippen LogP contribution is -2.05. The summed E-state index contributed by atoms with van der Waals surface area (Å²) in [5.74, 6) is -0.402. The number of aromatic nitrogens is 1. The van der Waals surface area contributed by atoms with Crippen LogP contribution in [0.25, 0.3) is 0 Å². The van der Waals surface area contributed by atoms with Gasteiger partial charge < -0.3 is 5.32 Å². The average Bonchev–Trinajstić information content (AvgIpc) is 2.74. The molecule has 18 heavy (non-hydrogen) atoms. The van der Waals surface area contributed by atoms with E-state index in [0.717, 1.165) is 17.1 Å². The van der Waals surface area contributed by atoms with Gasteiger partial charge in [-0.05, 0) is 25.1 Å². The fraction of sp³-hybridized carbons (Fsp3) is 0.231. The van der Waals surface area contributed by atoms with Crippen molar-refractivity contribution in [1.82, 2.24) is 4.98 Å². The van der Waals surface area contributed by atoms with Crippen molar-refractivity contribution in [3.63, 3.8) is 0 Å². The lowest BCUT2D eigenvalue weighted by molar-refractivity contribution is 0.627. The molecule has 0 radical (unpaired) electrons. The molecule has 3 nitrogen and oxygen atoms in total. The zero-order valence-electron chi connectivity index (χ0n) is 9.90. The SMILES string of the molecule is Cc1nc(CCNc2cc(F)cc(C#N)c2)cs1. The smallest absolute Gasteiger partial charge is 0.126 e. The van der Waals surface area contributed by atoms with Gasteiger partial charge in [0.15, 0.2) is 0 Å². The second-order valence-electron chi connectivity index (χ2n) is 3.88. The molecule has 0 unspecified atom stereocenters. The number of halogens is 1. The maximum atomic E-state index is 13.2. The Morgan fingerprint density at radius 3 is 2.94 bits per heavy atom. The van der Waals surface area contributed by atoms with Crippen LogP contribution >= 0.6 is 11.3 Å². The Bertz CT molecular complexity index is 586. The van der Waals surface area contributed by atoms with Crippen LogP contribution in [-0.4, -0.2) is 11.5 Å². The number of hydrogen-bond acceptors (Lipinski definition) is 4. The van der Waals surface area contributed by atoms with Gasteiger partial charge in [-0.2, -0.15) is 5.26 Å². The Kier molecular flexibility index (Phi) is 3.90. The van der Waals surface area contributed by atoms with E-state index in [9.17, 15) is 4.39 Å². The molecule has 0 amide bonds. The van der Waals surface area contributed by atoms with Crippen LogP contribution in [0, 0.1) is 24.1 Å². The standard InChI is InChI=1S/C13H12FN3S/c1-9-17-12(8-18-9)2-3-16-13-5-10(7-15)4-11(14)6-13/h4-6,8,16H,2-3H2,1H3. The third kappa shape index (κ3) is 3.28. The summed E-state index contributed by atoms with van der Waals surface area (Å²) in [7, 11) is 0. The molecule has 0 fully saturated rings. The van der Waals surface area contributed by atoms with Gasteiger partial charge in [-0.15, -0.1) is 11.3 Å². The molecule has 5 heteroatoms. The normalized spacial score (nSPS) is 10.1. The molecular weight excluding hydrogens is 249 g/mol. The van der Waals surface area contributed by atoms with Gasteiger partial charge in [0.05, 0.1) is 22.3 Å². The van der Waals surface area contributed by atoms with E-state index in [0.29, 0.717) is 17.8 Å². The van der Waals surface area contributed by atoms with Crippen molar-refractivity contribution in [2.75, 3.05) is 11.9 Å². The number of nitrogens with zero attached hydrogens (tertiary/aromatic N) is 2. The summed E-state index contributed by atoms with van der Waals surface area (Å²) in [4.78, 5) is 4.35. The van der Waals surface area contributed by atoms with Gasteiger partial charge in [-0.1, -0.05) is 0 Å². The van der Waals surface area contributed by atoms with Crippen LogP contribution in [0.15, 0.2) is 23.6 Å². The molecule has 0 aliphatic rings. The van der Waals surface area contributed by atoms with Crippen molar-refractivity contribution in [2.45, 2.75) is 13.3 Å². The molecule has 0 aliphatic heterocycles. The fourth-order valence-electron chi connectivity index (χ4n) is 1.61. The maximum Gasteiger partial charge on any atom is 0.126 e. The van der Waals surface area contributed by atoms with Crippen LogP contribution in [-0.2, 0) is 6.42 Å². The minimum absolute atomic E-state index is 0.321. The summed E-state index contributed by atoms with van der Waals surface area (Å²) in [6.07, 6.45) is 0.780. The molecule has 92 valence electrons. The molecule has 1 N–H and O–H groups in total. The number of benzene rings is 1. The first-order valence-electron chi connectivity index (χ1n) is 5.53. The summed E-state index contributed by atoms with van der Waals surface area (Å²) < 4.78 is 13.2. The van der Waals surface area contributed by atoms with Crippen LogP contribution in [0.2, 0.25) is 0 Å². The summed E-state index contributed by atoms with van der Waals surface area (Å²) in [5.41, 5.74) is 1.97. The van der Waals surface area contributed by atoms with Crippen molar-refractivity contribution in [2.24, 2.45) is 0 Å². The summed E-state index contributed by atoms with van der Waals surface area (Å²) in [5, 5.41) is 14.9. The van der Waals surface area contributed by atoms with Crippen molar-refractivity contribution < 1.29 is 4.39 Å². The highest BCUT2D eigenvalue weighted by molar-refractivity contribution is 7.09. The number of hydrogen-bond donors (Lipinski definition) is 1. The molecule has 2 rings (SSSR count). The third-order valence-corrected chi connectivity index (χ3v) is 3.23. The molecule has 1 aromatic carbocycles. The van der Waals surface area contributed by atoms with Crippen LogP contribution in [0.4, 0.5) is 10.1 Å². The second kappa shape index (κ2) is 5.61. The molecule has 0 saturated heterocycles. The molecule has 0 aliphatic carbocycles. The van der Waals surface area contributed by atoms with E-state index >= 15 is 0 Å². The molecule has 1 aromatic heterocycles. The zero-order chi connectivity index (χ0) is 13.0. The Morgan fingerprint density at radius 2 is 2.28 bits per heavy atom. The first-order valence-corrected chi connectivity index (χ1v) is 6.41. The number of rotatable bonds is 4. The largest absolute Gasteiger partial charge is 0.385 e. The number of anilines is 1. The third-order valence-electron chi connectivity index (χ3n) is 2.40. The van der Waals surface area contributed by atoms with E-state index < -0.39 is 5.82 Å². The molecule has 1 heterocycles. The minimum atomic E-state index is -0.402. The lowest BCUT2D eigenvalue weighted by atomic mass is 10.2. The fourth-order valence-corrected chi connectivity index (χ4v) is 2.26. The van der Waals surface area contributed by atoms with Gasteiger partial charge in [-0.25, -0.2) is 9.37 Å². The van der Waals surface area contributed by atoms with E-state index in [1.807, 2.05) is 18.4 Å². The predicted octanol–water partition coefficient (Wildman–Crippen LogP) is 3.12. The van der Waals surface area contributed by atoms with Gasteiger partial charge in [0, 0.05) is 24.0 Å². The van der Waals surface area contributed by atoms with Crippen LogP contribution < -0.4 is 5.32 Å². The highest BCUT2D eigenvalue weighted by Crippen LogP contribution is 2.14. The van der Waals surface area contributed by atoms with E-state index in [-0.39, 0.29) is 0 Å². The molecule has 0 spiro atoms. The van der Waals surface area contributed by atoms with Gasteiger partial charge in [0.25, 0.3) is 0 Å². The van der Waals surface area contributed by atoms with Crippen LogP contribution in [0.1, 0.15) is 16.3 Å². The molecule has 0 bridgehead atoms. The number of nitrogens with one attached hydrogen (secondary N) is 1. The number of aryl methyl sites for hydroxylation is 1. The maximum absolute atomic E-state index is 13.2. The van der Waals surface area contributed by atoms with Gasteiger partial charge in [-0.3, -0.25) is 0 Å². The van der Waals surface area contributed by atoms with Gasteiger partial charge >= 0.3 is 0 Å². The van der Waals surface area contributed by atoms with Crippen molar-refractivity contribution in [3.05, 3.63) is 45.7 Å². The zero-order valence-corrected chi connectivity index (χ0v) is 10.7. The van der Waals surface area contributed by atoms with E-state index in [1.165, 1.54) is 12.1 Å². The van der Waals surface area contributed by atoms with Gasteiger partial charge in [0.1, 0.15) is 5.82 Å². The van der Waals surface area contributed by atoms with Crippen LogP contribution in [0.5, 0.6) is 0 Å². The summed E-state index contributed by atoms with van der Waals surface area (Å²) in [6.45, 7) is 2.63. The predicted molar refractivity (Wildman–Crippen MR) is 70.2 cm³/mol. The van der Waals surface area contributed by atoms with Crippen LogP contribution in [0.3, 0.4) is 0 Å². The van der Waals surface area contributed by atoms with Crippen molar-refractivity contribution >= 4 is 17.0 Å². The highest BCUT2D eigenvalue weighted by atomic mass is 32.1. The monoisotopic (exact) mass is 261 g/mol. The van der Waals surface area contributed by atoms with Crippen molar-refractivity contribution in [3.8, 4) is 6.07 Å². The topological polar surface area (TPSA) is 48.7 Å². The van der Waals surface area contributed by atoms with E-state index in [1.54, 1.807) is 17.4 Å². The first-order chi connectivity index (χ1) is 8.67.